The summed E-state index contributed by atoms with van der Waals surface area (Å²) in [5.41, 5.74) is 10.5. The van der Waals surface area contributed by atoms with Crippen molar-refractivity contribution >= 4 is 5.57 Å². The summed E-state index contributed by atoms with van der Waals surface area (Å²) < 4.78 is 20.4. The molecule has 0 bridgehead atoms. The molecular weight excluding hydrogens is 353 g/mol. The van der Waals surface area contributed by atoms with Crippen LogP contribution in [0.15, 0.2) is 66.3 Å². The Morgan fingerprint density at radius 2 is 2.11 bits per heavy atom. The first kappa shape index (κ1) is 20.2. The summed E-state index contributed by atoms with van der Waals surface area (Å²) in [6.07, 6.45) is 10.8. The average Bonchev–Trinajstić information content (AvgIpc) is 3.21. The number of nitrogens with two attached hydrogens (primary N) is 1. The van der Waals surface area contributed by atoms with Gasteiger partial charge in [0.2, 0.25) is 0 Å². The molecule has 1 fully saturated rings. The summed E-state index contributed by atoms with van der Waals surface area (Å²) >= 11 is 0. The molecule has 0 aliphatic carbocycles. The van der Waals surface area contributed by atoms with Crippen molar-refractivity contribution in [2.24, 2.45) is 11.7 Å². The van der Waals surface area contributed by atoms with Gasteiger partial charge in [0.05, 0.1) is 18.8 Å². The monoisotopic (exact) mass is 383 g/mol. The van der Waals surface area contributed by atoms with Crippen molar-refractivity contribution in [2.45, 2.75) is 26.7 Å². The molecule has 2 aliphatic rings. The quantitative estimate of drug-likeness (QED) is 0.555. The molecule has 28 heavy (non-hydrogen) atoms. The van der Waals surface area contributed by atoms with Crippen LogP contribution in [-0.2, 0) is 4.74 Å². The van der Waals surface area contributed by atoms with E-state index in [4.69, 9.17) is 10.5 Å². The number of hydrogen-bond donors (Lipinski definition) is 1. The van der Waals surface area contributed by atoms with Gasteiger partial charge in [-0.25, -0.2) is 5.12 Å². The number of halogens is 1. The van der Waals surface area contributed by atoms with Gasteiger partial charge in [-0.15, -0.1) is 0 Å². The predicted molar refractivity (Wildman–Crippen MR) is 112 cm³/mol. The molecule has 150 valence electrons. The molecule has 3 rings (SSSR count). The third-order valence-electron chi connectivity index (χ3n) is 5.14. The van der Waals surface area contributed by atoms with Crippen molar-refractivity contribution in [1.82, 2.24) is 10.0 Å². The van der Waals surface area contributed by atoms with E-state index in [0.717, 1.165) is 48.0 Å². The van der Waals surface area contributed by atoms with E-state index in [2.05, 4.69) is 42.3 Å². The molecule has 5 heteroatoms. The standard InChI is InChI=1S/C23H30FN3O/c1-18-5-7-21(8-6-18)22-12-23(27(24)10-3-4-19(2)13-25)16-26(15-22)14-20-9-11-28-17-20/h3-8,13,15-16,20H,9-12,14,17,25H2,1-2H3/b4-3-,19-13-. The molecule has 2 aliphatic heterocycles. The maximum atomic E-state index is 14.9. The fourth-order valence-corrected chi connectivity index (χ4v) is 3.44. The zero-order valence-corrected chi connectivity index (χ0v) is 16.8. The van der Waals surface area contributed by atoms with Crippen molar-refractivity contribution in [3.63, 3.8) is 0 Å². The van der Waals surface area contributed by atoms with Crippen LogP contribution in [0.1, 0.15) is 30.9 Å². The first-order chi connectivity index (χ1) is 13.5. The highest BCUT2D eigenvalue weighted by Gasteiger charge is 2.22. The van der Waals surface area contributed by atoms with Crippen LogP contribution in [0.3, 0.4) is 0 Å². The summed E-state index contributed by atoms with van der Waals surface area (Å²) in [4.78, 5) is 2.12. The molecule has 0 saturated carbocycles. The fourth-order valence-electron chi connectivity index (χ4n) is 3.44. The number of nitrogens with zero attached hydrogens (tertiary/aromatic N) is 2. The van der Waals surface area contributed by atoms with E-state index in [1.165, 1.54) is 11.8 Å². The first-order valence-electron chi connectivity index (χ1n) is 9.85. The minimum Gasteiger partial charge on any atom is -0.404 e. The normalized spacial score (nSPS) is 20.5. The molecule has 1 atom stereocenters. The van der Waals surface area contributed by atoms with E-state index in [9.17, 15) is 4.48 Å². The largest absolute Gasteiger partial charge is 0.404 e. The van der Waals surface area contributed by atoms with E-state index in [1.54, 1.807) is 6.08 Å². The Labute approximate surface area is 167 Å². The average molecular weight is 384 g/mol. The summed E-state index contributed by atoms with van der Waals surface area (Å²) in [6.45, 7) is 6.60. The fraction of sp³-hybridized carbons (Fsp3) is 0.391. The minimum atomic E-state index is 0.193. The van der Waals surface area contributed by atoms with Crippen LogP contribution in [0.25, 0.3) is 5.57 Å². The molecule has 2 N–H and O–H groups in total. The van der Waals surface area contributed by atoms with Gasteiger partial charge in [-0.3, -0.25) is 0 Å². The summed E-state index contributed by atoms with van der Waals surface area (Å²) in [7, 11) is 0. The lowest BCUT2D eigenvalue weighted by atomic mass is 9.98. The Balaban J connectivity index is 1.76. The second-order valence-electron chi connectivity index (χ2n) is 7.60. The van der Waals surface area contributed by atoms with Gasteiger partial charge in [-0.1, -0.05) is 46.5 Å². The maximum absolute atomic E-state index is 14.9. The molecule has 4 nitrogen and oxygen atoms in total. The summed E-state index contributed by atoms with van der Waals surface area (Å²) in [5, 5.41) is 0.819. The second kappa shape index (κ2) is 9.60. The van der Waals surface area contributed by atoms with Crippen LogP contribution < -0.4 is 5.73 Å². The highest BCUT2D eigenvalue weighted by Crippen LogP contribution is 2.31. The van der Waals surface area contributed by atoms with E-state index >= 15 is 0 Å². The molecule has 0 spiro atoms. The first-order valence-corrected chi connectivity index (χ1v) is 9.85. The lowest BCUT2D eigenvalue weighted by Crippen LogP contribution is -2.26. The second-order valence-corrected chi connectivity index (χ2v) is 7.60. The van der Waals surface area contributed by atoms with Gasteiger partial charge >= 0.3 is 0 Å². The zero-order chi connectivity index (χ0) is 19.9. The molecule has 1 saturated heterocycles. The lowest BCUT2D eigenvalue weighted by molar-refractivity contribution is 0.0803. The molecule has 0 radical (unpaired) electrons. The van der Waals surface area contributed by atoms with Crippen LogP contribution in [-0.4, -0.2) is 36.3 Å². The Morgan fingerprint density at radius 3 is 2.79 bits per heavy atom. The molecule has 1 unspecified atom stereocenters. The van der Waals surface area contributed by atoms with Gasteiger partial charge in [0.15, 0.2) is 0 Å². The molecule has 0 amide bonds. The number of aryl methyl sites for hydroxylation is 1. The Morgan fingerprint density at radius 1 is 1.32 bits per heavy atom. The van der Waals surface area contributed by atoms with Crippen LogP contribution in [0.2, 0.25) is 0 Å². The number of ether oxygens (including phenoxy) is 1. The molecule has 2 heterocycles. The predicted octanol–water partition coefficient (Wildman–Crippen LogP) is 4.52. The number of benzene rings is 1. The molecule has 1 aromatic rings. The minimum absolute atomic E-state index is 0.193. The van der Waals surface area contributed by atoms with Gasteiger partial charge in [0.25, 0.3) is 0 Å². The Kier molecular flexibility index (Phi) is 6.93. The van der Waals surface area contributed by atoms with Gasteiger partial charge in [0.1, 0.15) is 0 Å². The summed E-state index contributed by atoms with van der Waals surface area (Å²) in [6, 6.07) is 8.42. The van der Waals surface area contributed by atoms with Gasteiger partial charge in [0, 0.05) is 37.9 Å². The van der Waals surface area contributed by atoms with Crippen LogP contribution in [0.4, 0.5) is 4.48 Å². The van der Waals surface area contributed by atoms with Crippen molar-refractivity contribution in [3.05, 3.63) is 77.4 Å². The van der Waals surface area contributed by atoms with Crippen LogP contribution >= 0.6 is 0 Å². The molecular formula is C23H30FN3O. The van der Waals surface area contributed by atoms with E-state index in [1.807, 2.05) is 19.2 Å². The third kappa shape index (κ3) is 5.49. The molecule has 1 aromatic carbocycles. The topological polar surface area (TPSA) is 41.7 Å². The van der Waals surface area contributed by atoms with E-state index in [0.29, 0.717) is 18.0 Å². The number of rotatable bonds is 7. The molecule has 0 aromatic heterocycles. The van der Waals surface area contributed by atoms with Gasteiger partial charge in [-0.2, -0.15) is 0 Å². The van der Waals surface area contributed by atoms with Gasteiger partial charge in [-0.05, 0) is 43.2 Å². The Hall–Kier alpha value is -2.53. The lowest BCUT2D eigenvalue weighted by Gasteiger charge is -2.29. The van der Waals surface area contributed by atoms with Crippen LogP contribution in [0, 0.1) is 12.8 Å². The van der Waals surface area contributed by atoms with Gasteiger partial charge < -0.3 is 15.4 Å². The number of allylic oxidation sites excluding steroid dienone is 3. The van der Waals surface area contributed by atoms with Crippen molar-refractivity contribution in [2.75, 3.05) is 26.3 Å². The smallest absolute Gasteiger partial charge is 0.0687 e. The highest BCUT2D eigenvalue weighted by atomic mass is 19.2. The zero-order valence-electron chi connectivity index (χ0n) is 16.8. The Bertz CT molecular complexity index is 774. The van der Waals surface area contributed by atoms with E-state index < -0.39 is 0 Å². The summed E-state index contributed by atoms with van der Waals surface area (Å²) in [5.74, 6) is 0.483. The van der Waals surface area contributed by atoms with Crippen molar-refractivity contribution in [1.29, 1.82) is 0 Å². The van der Waals surface area contributed by atoms with E-state index in [-0.39, 0.29) is 6.54 Å². The van der Waals surface area contributed by atoms with Crippen molar-refractivity contribution in [3.8, 4) is 0 Å². The number of hydrogen-bond acceptors (Lipinski definition) is 4. The maximum Gasteiger partial charge on any atom is 0.0687 e. The highest BCUT2D eigenvalue weighted by molar-refractivity contribution is 5.68. The SMILES string of the molecule is CC(/C=C\CN(F)C1=CN(CC2CCOC2)C=C(c2ccc(C)cc2)C1)=C/N. The van der Waals surface area contributed by atoms with Crippen LogP contribution in [0.5, 0.6) is 0 Å². The van der Waals surface area contributed by atoms with Crippen molar-refractivity contribution < 1.29 is 9.22 Å². The third-order valence-corrected chi connectivity index (χ3v) is 5.14.